The van der Waals surface area contributed by atoms with Gasteiger partial charge in [-0.15, -0.1) is 13.2 Å². The Labute approximate surface area is 121 Å². The summed E-state index contributed by atoms with van der Waals surface area (Å²) in [5.41, 5.74) is 6.36. The summed E-state index contributed by atoms with van der Waals surface area (Å²) in [7, 11) is 0. The molecule has 112 valence electrons. The van der Waals surface area contributed by atoms with Crippen LogP contribution in [0, 0.1) is 0 Å². The zero-order valence-electron chi connectivity index (χ0n) is 11.1. The van der Waals surface area contributed by atoms with Gasteiger partial charge in [0, 0.05) is 19.5 Å². The van der Waals surface area contributed by atoms with E-state index in [0.717, 1.165) is 18.7 Å². The minimum Gasteiger partial charge on any atom is -0.406 e. The standard InChI is InChI=1S/C13H17F3N2OS/c1-2-18(8-7-12(17)20)9-10-3-5-11(6-4-10)19-13(14,15)16/h3-6H,2,7-9H2,1H3,(H2,17,20). The molecule has 0 saturated heterocycles. The molecule has 20 heavy (non-hydrogen) atoms. The highest BCUT2D eigenvalue weighted by Gasteiger charge is 2.30. The van der Waals surface area contributed by atoms with Gasteiger partial charge in [-0.2, -0.15) is 0 Å². The summed E-state index contributed by atoms with van der Waals surface area (Å²) in [4.78, 5) is 2.57. The van der Waals surface area contributed by atoms with Crippen LogP contribution in [0.1, 0.15) is 18.9 Å². The molecule has 0 atom stereocenters. The molecule has 7 heteroatoms. The Morgan fingerprint density at radius 1 is 1.30 bits per heavy atom. The van der Waals surface area contributed by atoms with Crippen molar-refractivity contribution in [3.63, 3.8) is 0 Å². The number of alkyl halides is 3. The molecule has 1 aromatic rings. The van der Waals surface area contributed by atoms with Crippen LogP contribution in [0.5, 0.6) is 5.75 Å². The molecule has 0 aromatic heterocycles. The van der Waals surface area contributed by atoms with Crippen LogP contribution >= 0.6 is 12.2 Å². The maximum Gasteiger partial charge on any atom is 0.573 e. The van der Waals surface area contributed by atoms with Crippen molar-refractivity contribution in [1.29, 1.82) is 0 Å². The molecule has 0 aliphatic rings. The normalized spacial score (nSPS) is 11.7. The maximum atomic E-state index is 12.0. The van der Waals surface area contributed by atoms with Gasteiger partial charge in [0.2, 0.25) is 0 Å². The summed E-state index contributed by atoms with van der Waals surface area (Å²) >= 11 is 4.82. The van der Waals surface area contributed by atoms with E-state index in [-0.39, 0.29) is 5.75 Å². The molecule has 0 bridgehead atoms. The molecule has 1 rings (SSSR count). The van der Waals surface area contributed by atoms with Gasteiger partial charge in [0.15, 0.2) is 0 Å². The summed E-state index contributed by atoms with van der Waals surface area (Å²) in [5.74, 6) is -0.215. The number of hydrogen-bond acceptors (Lipinski definition) is 3. The Morgan fingerprint density at radius 3 is 2.35 bits per heavy atom. The zero-order chi connectivity index (χ0) is 15.2. The van der Waals surface area contributed by atoms with Crippen LogP contribution in [0.3, 0.4) is 0 Å². The summed E-state index contributed by atoms with van der Waals surface area (Å²) in [6, 6.07) is 5.85. The average molecular weight is 306 g/mol. The summed E-state index contributed by atoms with van der Waals surface area (Å²) in [6.07, 6.45) is -4.04. The van der Waals surface area contributed by atoms with Crippen molar-refractivity contribution in [2.24, 2.45) is 5.73 Å². The van der Waals surface area contributed by atoms with Gasteiger partial charge < -0.3 is 10.5 Å². The second kappa shape index (κ2) is 7.44. The second-order valence-electron chi connectivity index (χ2n) is 4.28. The van der Waals surface area contributed by atoms with Crippen molar-refractivity contribution < 1.29 is 17.9 Å². The first-order chi connectivity index (χ1) is 9.30. The van der Waals surface area contributed by atoms with Crippen molar-refractivity contribution in [2.75, 3.05) is 13.1 Å². The van der Waals surface area contributed by atoms with Crippen LogP contribution in [-0.4, -0.2) is 29.3 Å². The predicted octanol–water partition coefficient (Wildman–Crippen LogP) is 3.08. The van der Waals surface area contributed by atoms with Gasteiger partial charge in [-0.05, 0) is 24.2 Å². The average Bonchev–Trinajstić information content (AvgIpc) is 2.34. The minimum atomic E-state index is -4.66. The molecule has 0 aliphatic heterocycles. The number of nitrogens with zero attached hydrogens (tertiary/aromatic N) is 1. The lowest BCUT2D eigenvalue weighted by atomic mass is 10.2. The third kappa shape index (κ3) is 6.72. The first-order valence-electron chi connectivity index (χ1n) is 6.15. The number of rotatable bonds is 7. The van der Waals surface area contributed by atoms with Crippen LogP contribution in [0.25, 0.3) is 0 Å². The molecule has 0 unspecified atom stereocenters. The van der Waals surface area contributed by atoms with Gasteiger partial charge in [0.05, 0.1) is 4.99 Å². The molecule has 0 radical (unpaired) electrons. The predicted molar refractivity (Wildman–Crippen MR) is 75.5 cm³/mol. The van der Waals surface area contributed by atoms with Gasteiger partial charge in [-0.3, -0.25) is 4.90 Å². The molecule has 0 amide bonds. The van der Waals surface area contributed by atoms with Crippen molar-refractivity contribution in [3.05, 3.63) is 29.8 Å². The minimum absolute atomic E-state index is 0.215. The number of nitrogens with two attached hydrogens (primary N) is 1. The van der Waals surface area contributed by atoms with E-state index >= 15 is 0 Å². The monoisotopic (exact) mass is 306 g/mol. The van der Waals surface area contributed by atoms with Crippen molar-refractivity contribution >= 4 is 17.2 Å². The third-order valence-electron chi connectivity index (χ3n) is 2.68. The highest BCUT2D eigenvalue weighted by Crippen LogP contribution is 2.23. The smallest absolute Gasteiger partial charge is 0.406 e. The van der Waals surface area contributed by atoms with Gasteiger partial charge in [0.25, 0.3) is 0 Å². The van der Waals surface area contributed by atoms with Gasteiger partial charge in [-0.1, -0.05) is 31.3 Å². The highest BCUT2D eigenvalue weighted by molar-refractivity contribution is 7.80. The van der Waals surface area contributed by atoms with Crippen molar-refractivity contribution in [2.45, 2.75) is 26.3 Å². The fourth-order valence-corrected chi connectivity index (χ4v) is 1.76. The third-order valence-corrected chi connectivity index (χ3v) is 2.89. The Morgan fingerprint density at radius 2 is 1.90 bits per heavy atom. The van der Waals surface area contributed by atoms with Crippen LogP contribution in [-0.2, 0) is 6.54 Å². The molecular formula is C13H17F3N2OS. The van der Waals surface area contributed by atoms with Crippen LogP contribution < -0.4 is 10.5 Å². The Hall–Kier alpha value is -1.34. The largest absolute Gasteiger partial charge is 0.573 e. The lowest BCUT2D eigenvalue weighted by molar-refractivity contribution is -0.274. The first kappa shape index (κ1) is 16.7. The van der Waals surface area contributed by atoms with E-state index < -0.39 is 6.36 Å². The number of halogens is 3. The summed E-state index contributed by atoms with van der Waals surface area (Å²) < 4.78 is 39.9. The first-order valence-corrected chi connectivity index (χ1v) is 6.56. The van der Waals surface area contributed by atoms with Crippen LogP contribution in [0.15, 0.2) is 24.3 Å². The van der Waals surface area contributed by atoms with E-state index in [4.69, 9.17) is 18.0 Å². The van der Waals surface area contributed by atoms with E-state index in [1.807, 2.05) is 6.92 Å². The Kier molecular flexibility index (Phi) is 6.22. The number of thiocarbonyl (C=S) groups is 1. The molecule has 2 N–H and O–H groups in total. The van der Waals surface area contributed by atoms with E-state index in [0.29, 0.717) is 18.0 Å². The number of ether oxygens (including phenoxy) is 1. The van der Waals surface area contributed by atoms with E-state index in [9.17, 15) is 13.2 Å². The molecule has 0 spiro atoms. The molecule has 1 aromatic carbocycles. The lowest BCUT2D eigenvalue weighted by Gasteiger charge is -2.20. The SMILES string of the molecule is CCN(CCC(N)=S)Cc1ccc(OC(F)(F)F)cc1. The Bertz CT molecular complexity index is 434. The molecule has 0 saturated carbocycles. The summed E-state index contributed by atoms with van der Waals surface area (Å²) in [6.45, 7) is 4.17. The fourth-order valence-electron chi connectivity index (χ4n) is 1.67. The molecule has 0 heterocycles. The van der Waals surface area contributed by atoms with Gasteiger partial charge in [0.1, 0.15) is 5.75 Å². The molecule has 3 nitrogen and oxygen atoms in total. The molecule has 0 fully saturated rings. The van der Waals surface area contributed by atoms with E-state index in [2.05, 4.69) is 9.64 Å². The molecular weight excluding hydrogens is 289 g/mol. The topological polar surface area (TPSA) is 38.5 Å². The van der Waals surface area contributed by atoms with Gasteiger partial charge in [-0.25, -0.2) is 0 Å². The number of benzene rings is 1. The quantitative estimate of drug-likeness (QED) is 0.786. The van der Waals surface area contributed by atoms with E-state index in [1.165, 1.54) is 12.1 Å². The Balaban J connectivity index is 2.57. The molecule has 0 aliphatic carbocycles. The van der Waals surface area contributed by atoms with Crippen molar-refractivity contribution in [1.82, 2.24) is 4.90 Å². The number of hydrogen-bond donors (Lipinski definition) is 1. The van der Waals surface area contributed by atoms with E-state index in [1.54, 1.807) is 12.1 Å². The van der Waals surface area contributed by atoms with Crippen LogP contribution in [0.2, 0.25) is 0 Å². The van der Waals surface area contributed by atoms with Crippen LogP contribution in [0.4, 0.5) is 13.2 Å². The lowest BCUT2D eigenvalue weighted by Crippen LogP contribution is -2.27. The highest BCUT2D eigenvalue weighted by atomic mass is 32.1. The second-order valence-corrected chi connectivity index (χ2v) is 4.80. The van der Waals surface area contributed by atoms with Gasteiger partial charge >= 0.3 is 6.36 Å². The van der Waals surface area contributed by atoms with Crippen molar-refractivity contribution in [3.8, 4) is 5.75 Å². The maximum absolute atomic E-state index is 12.0. The zero-order valence-corrected chi connectivity index (χ0v) is 11.9. The summed E-state index contributed by atoms with van der Waals surface area (Å²) in [5, 5.41) is 0. The fraction of sp³-hybridized carbons (Fsp3) is 0.462.